The number of anilines is 1. The van der Waals surface area contributed by atoms with Crippen molar-refractivity contribution < 1.29 is 4.92 Å². The molecule has 3 N–H and O–H groups in total. The summed E-state index contributed by atoms with van der Waals surface area (Å²) in [7, 11) is 0. The summed E-state index contributed by atoms with van der Waals surface area (Å²) in [6.45, 7) is 2.77. The molecular formula is C18H18N4O2S. The van der Waals surface area contributed by atoms with Crippen LogP contribution in [0.3, 0.4) is 0 Å². The Kier molecular flexibility index (Phi) is 4.95. The average Bonchev–Trinajstić information content (AvgIpc) is 2.91. The van der Waals surface area contributed by atoms with Gasteiger partial charge in [-0.15, -0.1) is 0 Å². The van der Waals surface area contributed by atoms with E-state index in [4.69, 9.17) is 12.2 Å². The lowest BCUT2D eigenvalue weighted by atomic mass is 10.1. The first-order valence-corrected chi connectivity index (χ1v) is 8.31. The van der Waals surface area contributed by atoms with Gasteiger partial charge in [-0.3, -0.25) is 10.1 Å². The zero-order valence-electron chi connectivity index (χ0n) is 13.7. The van der Waals surface area contributed by atoms with Crippen molar-refractivity contribution in [1.29, 1.82) is 0 Å². The summed E-state index contributed by atoms with van der Waals surface area (Å²) in [4.78, 5) is 13.6. The third-order valence-electron chi connectivity index (χ3n) is 4.02. The van der Waals surface area contributed by atoms with Crippen LogP contribution in [-0.4, -0.2) is 21.6 Å². The monoisotopic (exact) mass is 354 g/mol. The number of fused-ring (bicyclic) bond motifs is 1. The van der Waals surface area contributed by atoms with Crippen molar-refractivity contribution in [3.05, 3.63) is 69.9 Å². The predicted molar refractivity (Wildman–Crippen MR) is 104 cm³/mol. The number of nitrogens with zero attached hydrogens (tertiary/aromatic N) is 1. The van der Waals surface area contributed by atoms with Crippen molar-refractivity contribution in [3.8, 4) is 0 Å². The molecule has 0 aliphatic rings. The molecule has 0 saturated carbocycles. The molecule has 0 aliphatic carbocycles. The fraction of sp³-hybridized carbons (Fsp3) is 0.167. The van der Waals surface area contributed by atoms with Gasteiger partial charge in [-0.05, 0) is 49.3 Å². The summed E-state index contributed by atoms with van der Waals surface area (Å²) in [5.74, 6) is 0. The fourth-order valence-electron chi connectivity index (χ4n) is 2.80. The lowest BCUT2D eigenvalue weighted by Crippen LogP contribution is -2.30. The van der Waals surface area contributed by atoms with Crippen LogP contribution in [0.4, 0.5) is 11.4 Å². The Morgan fingerprint density at radius 3 is 2.64 bits per heavy atom. The lowest BCUT2D eigenvalue weighted by Gasteiger charge is -2.10. The zero-order chi connectivity index (χ0) is 17.8. The Labute approximate surface area is 150 Å². The first kappa shape index (κ1) is 16.9. The average molecular weight is 354 g/mol. The predicted octanol–water partition coefficient (Wildman–Crippen LogP) is 3.91. The zero-order valence-corrected chi connectivity index (χ0v) is 14.5. The molecule has 7 heteroatoms. The summed E-state index contributed by atoms with van der Waals surface area (Å²) in [6.07, 6.45) is 0.845. The number of aromatic amines is 1. The van der Waals surface area contributed by atoms with Crippen molar-refractivity contribution >= 4 is 39.6 Å². The van der Waals surface area contributed by atoms with Crippen molar-refractivity contribution in [2.75, 3.05) is 11.9 Å². The van der Waals surface area contributed by atoms with E-state index in [0.29, 0.717) is 17.3 Å². The van der Waals surface area contributed by atoms with E-state index in [1.54, 1.807) is 12.1 Å². The Hall–Kier alpha value is -2.93. The van der Waals surface area contributed by atoms with Crippen LogP contribution in [0, 0.1) is 17.0 Å². The van der Waals surface area contributed by atoms with Gasteiger partial charge in [-0.2, -0.15) is 0 Å². The first-order valence-electron chi connectivity index (χ1n) is 7.90. The number of H-pyrrole nitrogens is 1. The number of non-ortho nitro benzene ring substituents is 1. The van der Waals surface area contributed by atoms with Crippen LogP contribution in [0.15, 0.2) is 48.5 Å². The van der Waals surface area contributed by atoms with Crippen LogP contribution in [0.1, 0.15) is 11.3 Å². The van der Waals surface area contributed by atoms with Gasteiger partial charge in [-0.1, -0.05) is 18.2 Å². The Balaban J connectivity index is 1.55. The SMILES string of the molecule is Cc1[nH]c2ccccc2c1CCNC(=S)Nc1ccc([N+](=O)[O-])cc1. The van der Waals surface area contributed by atoms with Gasteiger partial charge in [0.25, 0.3) is 5.69 Å². The minimum absolute atomic E-state index is 0.0549. The number of aryl methyl sites for hydroxylation is 1. The van der Waals surface area contributed by atoms with Crippen molar-refractivity contribution in [2.24, 2.45) is 0 Å². The van der Waals surface area contributed by atoms with Gasteiger partial charge in [0.05, 0.1) is 4.92 Å². The van der Waals surface area contributed by atoms with E-state index in [1.165, 1.54) is 23.1 Å². The van der Waals surface area contributed by atoms with E-state index in [0.717, 1.165) is 17.6 Å². The van der Waals surface area contributed by atoms with Crippen LogP contribution < -0.4 is 10.6 Å². The topological polar surface area (TPSA) is 83.0 Å². The Morgan fingerprint density at radius 1 is 1.20 bits per heavy atom. The molecule has 128 valence electrons. The molecule has 3 aromatic rings. The van der Waals surface area contributed by atoms with Crippen molar-refractivity contribution in [1.82, 2.24) is 10.3 Å². The first-order chi connectivity index (χ1) is 12.0. The number of thiocarbonyl (C=S) groups is 1. The van der Waals surface area contributed by atoms with Crippen LogP contribution in [0.5, 0.6) is 0 Å². The number of nitro groups is 1. The maximum atomic E-state index is 10.7. The molecular weight excluding hydrogens is 336 g/mol. The molecule has 2 aromatic carbocycles. The third-order valence-corrected chi connectivity index (χ3v) is 4.27. The minimum atomic E-state index is -0.427. The molecule has 0 fully saturated rings. The van der Waals surface area contributed by atoms with Crippen LogP contribution in [0.2, 0.25) is 0 Å². The molecule has 0 saturated heterocycles. The second kappa shape index (κ2) is 7.31. The highest BCUT2D eigenvalue weighted by Crippen LogP contribution is 2.22. The number of nitro benzene ring substituents is 1. The summed E-state index contributed by atoms with van der Waals surface area (Å²) in [5, 5.41) is 18.6. The highest BCUT2D eigenvalue weighted by atomic mass is 32.1. The van der Waals surface area contributed by atoms with Crippen molar-refractivity contribution in [2.45, 2.75) is 13.3 Å². The highest BCUT2D eigenvalue weighted by Gasteiger charge is 2.08. The second-order valence-corrected chi connectivity index (χ2v) is 6.12. The van der Waals surface area contributed by atoms with Crippen LogP contribution in [0.25, 0.3) is 10.9 Å². The van der Waals surface area contributed by atoms with Gasteiger partial charge in [0.2, 0.25) is 0 Å². The van der Waals surface area contributed by atoms with Gasteiger partial charge in [0.15, 0.2) is 5.11 Å². The normalized spacial score (nSPS) is 10.6. The van der Waals surface area contributed by atoms with E-state index in [2.05, 4.69) is 34.7 Å². The number of para-hydroxylation sites is 1. The standard InChI is InChI=1S/C18H18N4O2S/c1-12-15(16-4-2-3-5-17(16)20-12)10-11-19-18(25)21-13-6-8-14(9-7-13)22(23)24/h2-9,20H,10-11H2,1H3,(H2,19,21,25). The van der Waals surface area contributed by atoms with Crippen LogP contribution in [-0.2, 0) is 6.42 Å². The van der Waals surface area contributed by atoms with Gasteiger partial charge in [-0.25, -0.2) is 0 Å². The molecule has 3 rings (SSSR count). The number of benzene rings is 2. The van der Waals surface area contributed by atoms with E-state index >= 15 is 0 Å². The van der Waals surface area contributed by atoms with Gasteiger partial charge >= 0.3 is 0 Å². The molecule has 0 aliphatic heterocycles. The maximum Gasteiger partial charge on any atom is 0.269 e. The van der Waals surface area contributed by atoms with E-state index in [-0.39, 0.29) is 5.69 Å². The minimum Gasteiger partial charge on any atom is -0.362 e. The number of hydrogen-bond donors (Lipinski definition) is 3. The largest absolute Gasteiger partial charge is 0.362 e. The van der Waals surface area contributed by atoms with Crippen LogP contribution >= 0.6 is 12.2 Å². The summed E-state index contributed by atoms with van der Waals surface area (Å²) in [5.41, 5.74) is 4.35. The lowest BCUT2D eigenvalue weighted by molar-refractivity contribution is -0.384. The fourth-order valence-corrected chi connectivity index (χ4v) is 3.02. The number of hydrogen-bond acceptors (Lipinski definition) is 3. The van der Waals surface area contributed by atoms with Crippen molar-refractivity contribution in [3.63, 3.8) is 0 Å². The highest BCUT2D eigenvalue weighted by molar-refractivity contribution is 7.80. The van der Waals surface area contributed by atoms with Gasteiger partial charge in [0, 0.05) is 41.0 Å². The number of nitrogens with one attached hydrogen (secondary N) is 3. The molecule has 0 unspecified atom stereocenters. The number of rotatable bonds is 5. The van der Waals surface area contributed by atoms with E-state index < -0.39 is 4.92 Å². The molecule has 6 nitrogen and oxygen atoms in total. The quantitative estimate of drug-likeness (QED) is 0.367. The molecule has 1 aromatic heterocycles. The van der Waals surface area contributed by atoms with E-state index in [9.17, 15) is 10.1 Å². The molecule has 0 spiro atoms. The smallest absolute Gasteiger partial charge is 0.269 e. The number of aromatic nitrogens is 1. The Bertz CT molecular complexity index is 918. The third kappa shape index (κ3) is 3.95. The summed E-state index contributed by atoms with van der Waals surface area (Å²) < 4.78 is 0. The molecule has 1 heterocycles. The summed E-state index contributed by atoms with van der Waals surface area (Å²) >= 11 is 5.28. The maximum absolute atomic E-state index is 10.7. The second-order valence-electron chi connectivity index (χ2n) is 5.71. The van der Waals surface area contributed by atoms with Gasteiger partial charge in [0.1, 0.15) is 0 Å². The molecule has 0 bridgehead atoms. The van der Waals surface area contributed by atoms with E-state index in [1.807, 2.05) is 12.1 Å². The molecule has 0 amide bonds. The Morgan fingerprint density at radius 2 is 1.92 bits per heavy atom. The molecule has 0 atom stereocenters. The van der Waals surface area contributed by atoms with Gasteiger partial charge < -0.3 is 15.6 Å². The summed E-state index contributed by atoms with van der Waals surface area (Å²) in [6, 6.07) is 14.4. The molecule has 25 heavy (non-hydrogen) atoms. The molecule has 0 radical (unpaired) electrons.